The van der Waals surface area contributed by atoms with Crippen molar-refractivity contribution in [3.05, 3.63) is 29.0 Å². The molecule has 0 spiro atoms. The van der Waals surface area contributed by atoms with Crippen LogP contribution in [0.15, 0.2) is 18.7 Å². The lowest BCUT2D eigenvalue weighted by Crippen LogP contribution is -2.35. The van der Waals surface area contributed by atoms with Gasteiger partial charge in [0.1, 0.15) is 10.3 Å². The fraction of sp³-hybridized carbons (Fsp3) is 0.500. The molecule has 0 bridgehead atoms. The number of nitrogens with zero attached hydrogens (tertiary/aromatic N) is 2. The molecule has 1 heterocycles. The summed E-state index contributed by atoms with van der Waals surface area (Å²) in [6.45, 7) is 3.81. The van der Waals surface area contributed by atoms with Crippen LogP contribution in [0.2, 0.25) is 10.3 Å². The lowest BCUT2D eigenvalue weighted by atomic mass is 9.93. The van der Waals surface area contributed by atoms with Crippen molar-refractivity contribution in [3.63, 3.8) is 0 Å². The quantitative estimate of drug-likeness (QED) is 0.662. The molecule has 1 aromatic rings. The van der Waals surface area contributed by atoms with Gasteiger partial charge in [-0.15, -0.1) is 6.58 Å². The van der Waals surface area contributed by atoms with Gasteiger partial charge in [-0.1, -0.05) is 42.1 Å². The minimum atomic E-state index is 0.0236. The third-order valence-corrected chi connectivity index (χ3v) is 3.52. The van der Waals surface area contributed by atoms with Gasteiger partial charge in [-0.2, -0.15) is 0 Å². The molecule has 0 atom stereocenters. The Kier molecular flexibility index (Phi) is 3.89. The fourth-order valence-electron chi connectivity index (χ4n) is 2.39. The molecule has 0 radical (unpaired) electrons. The molecule has 1 N–H and O–H groups in total. The van der Waals surface area contributed by atoms with Crippen LogP contribution in [0.3, 0.4) is 0 Å². The molecule has 1 aliphatic carbocycles. The molecule has 1 fully saturated rings. The van der Waals surface area contributed by atoms with Gasteiger partial charge in [0.15, 0.2) is 0 Å². The smallest absolute Gasteiger partial charge is 0.225 e. The summed E-state index contributed by atoms with van der Waals surface area (Å²) < 4.78 is 0. The average Bonchev–Trinajstić information content (AvgIpc) is 2.65. The van der Waals surface area contributed by atoms with Crippen LogP contribution in [0.4, 0.5) is 5.95 Å². The molecule has 92 valence electrons. The minimum absolute atomic E-state index is 0.0236. The highest BCUT2D eigenvalue weighted by atomic mass is 35.5. The highest BCUT2D eigenvalue weighted by Crippen LogP contribution is 2.35. The Morgan fingerprint density at radius 2 is 1.88 bits per heavy atom. The number of halogens is 2. The van der Waals surface area contributed by atoms with Crippen molar-refractivity contribution in [3.8, 4) is 0 Å². The van der Waals surface area contributed by atoms with Crippen LogP contribution in [0, 0.1) is 0 Å². The van der Waals surface area contributed by atoms with Crippen molar-refractivity contribution in [2.45, 2.75) is 37.6 Å². The Balaban J connectivity index is 2.19. The summed E-state index contributed by atoms with van der Waals surface area (Å²) in [7, 11) is 0. The van der Waals surface area contributed by atoms with E-state index in [-0.39, 0.29) is 5.54 Å². The van der Waals surface area contributed by atoms with Gasteiger partial charge in [-0.3, -0.25) is 0 Å². The van der Waals surface area contributed by atoms with Crippen LogP contribution >= 0.6 is 23.2 Å². The Bertz CT molecular complexity index is 394. The molecule has 17 heavy (non-hydrogen) atoms. The summed E-state index contributed by atoms with van der Waals surface area (Å²) in [5.74, 6) is 0.506. The van der Waals surface area contributed by atoms with Crippen LogP contribution in [-0.2, 0) is 0 Å². The SMILES string of the molecule is C=CCC1(Nc2nc(Cl)cc(Cl)n2)CCCC1. The van der Waals surface area contributed by atoms with Gasteiger partial charge in [0.25, 0.3) is 0 Å². The van der Waals surface area contributed by atoms with Gasteiger partial charge in [0, 0.05) is 11.6 Å². The maximum absolute atomic E-state index is 5.86. The maximum atomic E-state index is 5.86. The van der Waals surface area contributed by atoms with Gasteiger partial charge >= 0.3 is 0 Å². The minimum Gasteiger partial charge on any atom is -0.348 e. The van der Waals surface area contributed by atoms with E-state index >= 15 is 0 Å². The zero-order valence-corrected chi connectivity index (χ0v) is 11.1. The summed E-state index contributed by atoms with van der Waals surface area (Å²) in [6.07, 6.45) is 7.48. The second-order valence-corrected chi connectivity index (χ2v) is 5.22. The van der Waals surface area contributed by atoms with Crippen LogP contribution < -0.4 is 5.32 Å². The highest BCUT2D eigenvalue weighted by molar-refractivity contribution is 6.33. The lowest BCUT2D eigenvalue weighted by molar-refractivity contribution is 0.484. The van der Waals surface area contributed by atoms with Gasteiger partial charge < -0.3 is 5.32 Å². The zero-order valence-electron chi connectivity index (χ0n) is 9.55. The van der Waals surface area contributed by atoms with E-state index in [0.717, 1.165) is 19.3 Å². The van der Waals surface area contributed by atoms with Gasteiger partial charge in [0.2, 0.25) is 5.95 Å². The zero-order chi connectivity index (χ0) is 12.3. The number of rotatable bonds is 4. The monoisotopic (exact) mass is 271 g/mol. The first kappa shape index (κ1) is 12.7. The van der Waals surface area contributed by atoms with Crippen molar-refractivity contribution in [2.75, 3.05) is 5.32 Å². The second-order valence-electron chi connectivity index (χ2n) is 4.44. The van der Waals surface area contributed by atoms with Gasteiger partial charge in [-0.05, 0) is 19.3 Å². The molecule has 0 aromatic carbocycles. The molecule has 1 aromatic heterocycles. The topological polar surface area (TPSA) is 37.8 Å². The molecule has 3 nitrogen and oxygen atoms in total. The van der Waals surface area contributed by atoms with E-state index in [0.29, 0.717) is 16.3 Å². The third-order valence-electron chi connectivity index (χ3n) is 3.14. The Hall–Kier alpha value is -0.800. The molecule has 0 amide bonds. The summed E-state index contributed by atoms with van der Waals surface area (Å²) in [4.78, 5) is 8.30. The molecule has 1 saturated carbocycles. The molecular formula is C12H15Cl2N3. The van der Waals surface area contributed by atoms with Crippen molar-refractivity contribution < 1.29 is 0 Å². The third kappa shape index (κ3) is 3.11. The molecule has 0 saturated heterocycles. The van der Waals surface area contributed by atoms with E-state index in [1.165, 1.54) is 18.9 Å². The van der Waals surface area contributed by atoms with Crippen molar-refractivity contribution in [1.82, 2.24) is 9.97 Å². The fourth-order valence-corrected chi connectivity index (χ4v) is 2.81. The second kappa shape index (κ2) is 5.23. The lowest BCUT2D eigenvalue weighted by Gasteiger charge is -2.29. The Morgan fingerprint density at radius 1 is 1.29 bits per heavy atom. The van der Waals surface area contributed by atoms with Crippen molar-refractivity contribution in [1.29, 1.82) is 0 Å². The van der Waals surface area contributed by atoms with E-state index in [4.69, 9.17) is 23.2 Å². The largest absolute Gasteiger partial charge is 0.348 e. The normalized spacial score (nSPS) is 18.0. The predicted molar refractivity (Wildman–Crippen MR) is 71.7 cm³/mol. The van der Waals surface area contributed by atoms with Crippen molar-refractivity contribution >= 4 is 29.2 Å². The molecule has 5 heteroatoms. The summed E-state index contributed by atoms with van der Waals surface area (Å²) in [5.41, 5.74) is 0.0236. The molecule has 1 aliphatic rings. The number of aromatic nitrogens is 2. The standard InChI is InChI=1S/C12H15Cl2N3/c1-2-5-12(6-3-4-7-12)17-11-15-9(13)8-10(14)16-11/h2,8H,1,3-7H2,(H,15,16,17). The van der Waals surface area contributed by atoms with Crippen LogP contribution in [0.1, 0.15) is 32.1 Å². The number of hydrogen-bond donors (Lipinski definition) is 1. The van der Waals surface area contributed by atoms with Crippen LogP contribution in [-0.4, -0.2) is 15.5 Å². The molecular weight excluding hydrogens is 257 g/mol. The Labute approximate surface area is 111 Å². The number of nitrogens with one attached hydrogen (secondary N) is 1. The number of hydrogen-bond acceptors (Lipinski definition) is 3. The van der Waals surface area contributed by atoms with E-state index in [2.05, 4.69) is 21.9 Å². The molecule has 2 rings (SSSR count). The maximum Gasteiger partial charge on any atom is 0.225 e. The van der Waals surface area contributed by atoms with Crippen molar-refractivity contribution in [2.24, 2.45) is 0 Å². The van der Waals surface area contributed by atoms with E-state index in [1.807, 2.05) is 6.08 Å². The van der Waals surface area contributed by atoms with Crippen LogP contribution in [0.5, 0.6) is 0 Å². The van der Waals surface area contributed by atoms with Gasteiger partial charge in [-0.25, -0.2) is 9.97 Å². The molecule has 0 aliphatic heterocycles. The highest BCUT2D eigenvalue weighted by Gasteiger charge is 2.33. The van der Waals surface area contributed by atoms with Crippen LogP contribution in [0.25, 0.3) is 0 Å². The summed E-state index contributed by atoms with van der Waals surface area (Å²) in [6, 6.07) is 1.53. The van der Waals surface area contributed by atoms with Gasteiger partial charge in [0.05, 0.1) is 0 Å². The van der Waals surface area contributed by atoms with E-state index in [9.17, 15) is 0 Å². The Morgan fingerprint density at radius 3 is 2.41 bits per heavy atom. The van der Waals surface area contributed by atoms with E-state index in [1.54, 1.807) is 0 Å². The summed E-state index contributed by atoms with van der Waals surface area (Å²) in [5, 5.41) is 4.10. The van der Waals surface area contributed by atoms with E-state index < -0.39 is 0 Å². The first-order chi connectivity index (χ1) is 8.13. The number of anilines is 1. The summed E-state index contributed by atoms with van der Waals surface area (Å²) >= 11 is 11.7. The predicted octanol–water partition coefficient (Wildman–Crippen LogP) is 4.08. The first-order valence-electron chi connectivity index (χ1n) is 5.73. The molecule has 0 unspecified atom stereocenters. The first-order valence-corrected chi connectivity index (χ1v) is 6.48. The average molecular weight is 272 g/mol.